The first-order valence-electron chi connectivity index (χ1n) is 8.36. The van der Waals surface area contributed by atoms with E-state index >= 15 is 0 Å². The maximum Gasteiger partial charge on any atom is 0.243 e. The van der Waals surface area contributed by atoms with E-state index in [2.05, 4.69) is 19.7 Å². The molecule has 3 aromatic carbocycles. The summed E-state index contributed by atoms with van der Waals surface area (Å²) < 4.78 is 32.9. The topological polar surface area (TPSA) is 85.1 Å². The van der Waals surface area contributed by atoms with Crippen LogP contribution in [0.15, 0.2) is 80.0 Å². The SMILES string of the molecule is O=S(=O)(NCc1c(Cl)cccc1Sc1ccc(Cl)cc1)c1cccc2nonc12. The highest BCUT2D eigenvalue weighted by molar-refractivity contribution is 7.99. The van der Waals surface area contributed by atoms with Gasteiger partial charge in [-0.05, 0) is 64.4 Å². The highest BCUT2D eigenvalue weighted by Crippen LogP contribution is 2.34. The largest absolute Gasteiger partial charge is 0.243 e. The Balaban J connectivity index is 1.61. The number of nitrogens with zero attached hydrogens (tertiary/aromatic N) is 2. The summed E-state index contributed by atoms with van der Waals surface area (Å²) in [5, 5.41) is 8.48. The lowest BCUT2D eigenvalue weighted by molar-refractivity contribution is 0.315. The van der Waals surface area contributed by atoms with Crippen LogP contribution in [0.1, 0.15) is 5.56 Å². The minimum atomic E-state index is -3.86. The third kappa shape index (κ3) is 4.41. The van der Waals surface area contributed by atoms with E-state index in [9.17, 15) is 8.42 Å². The number of sulfonamides is 1. The second kappa shape index (κ2) is 8.33. The zero-order valence-electron chi connectivity index (χ0n) is 14.7. The second-order valence-electron chi connectivity index (χ2n) is 5.99. The van der Waals surface area contributed by atoms with Crippen molar-refractivity contribution in [2.45, 2.75) is 21.2 Å². The first kappa shape index (κ1) is 20.2. The van der Waals surface area contributed by atoms with E-state index in [4.69, 9.17) is 23.2 Å². The summed E-state index contributed by atoms with van der Waals surface area (Å²) in [6.45, 7) is 0.0135. The van der Waals surface area contributed by atoms with Crippen LogP contribution in [0, 0.1) is 0 Å². The van der Waals surface area contributed by atoms with Crippen LogP contribution in [-0.2, 0) is 16.6 Å². The molecule has 0 saturated carbocycles. The Labute approximate surface area is 181 Å². The van der Waals surface area contributed by atoms with Crippen LogP contribution in [0.3, 0.4) is 0 Å². The molecule has 0 fully saturated rings. The molecule has 0 radical (unpaired) electrons. The molecule has 1 aromatic heterocycles. The fraction of sp³-hybridized carbons (Fsp3) is 0.0526. The van der Waals surface area contributed by atoms with Gasteiger partial charge in [-0.2, -0.15) is 0 Å². The maximum atomic E-state index is 12.9. The molecule has 0 saturated heterocycles. The molecule has 148 valence electrons. The van der Waals surface area contributed by atoms with Crippen molar-refractivity contribution in [3.8, 4) is 0 Å². The lowest BCUT2D eigenvalue weighted by Gasteiger charge is -2.13. The van der Waals surface area contributed by atoms with Gasteiger partial charge in [0.05, 0.1) is 0 Å². The van der Waals surface area contributed by atoms with Crippen molar-refractivity contribution in [3.05, 3.63) is 76.3 Å². The summed E-state index contributed by atoms with van der Waals surface area (Å²) >= 11 is 13.8. The van der Waals surface area contributed by atoms with E-state index in [-0.39, 0.29) is 17.0 Å². The average Bonchev–Trinajstić information content (AvgIpc) is 3.18. The van der Waals surface area contributed by atoms with Crippen molar-refractivity contribution >= 4 is 56.0 Å². The predicted octanol–water partition coefficient (Wildman–Crippen LogP) is 5.16. The molecule has 6 nitrogen and oxygen atoms in total. The summed E-state index contributed by atoms with van der Waals surface area (Å²) in [5.41, 5.74) is 1.21. The summed E-state index contributed by atoms with van der Waals surface area (Å²) in [4.78, 5) is 1.79. The number of nitrogens with one attached hydrogen (secondary N) is 1. The number of fused-ring (bicyclic) bond motifs is 1. The van der Waals surface area contributed by atoms with Crippen molar-refractivity contribution in [3.63, 3.8) is 0 Å². The monoisotopic (exact) mass is 465 g/mol. The molecule has 0 bridgehead atoms. The van der Waals surface area contributed by atoms with E-state index in [0.717, 1.165) is 9.79 Å². The predicted molar refractivity (Wildman–Crippen MR) is 113 cm³/mol. The van der Waals surface area contributed by atoms with E-state index < -0.39 is 10.0 Å². The van der Waals surface area contributed by atoms with Gasteiger partial charge in [0.25, 0.3) is 0 Å². The number of aromatic nitrogens is 2. The third-order valence-corrected chi connectivity index (χ3v) is 7.24. The summed E-state index contributed by atoms with van der Waals surface area (Å²) in [6, 6.07) is 17.5. The molecule has 0 spiro atoms. The molecule has 0 aliphatic heterocycles. The zero-order chi connectivity index (χ0) is 20.4. The minimum absolute atomic E-state index is 0.00444. The van der Waals surface area contributed by atoms with Gasteiger partial charge in [0, 0.05) is 26.4 Å². The Kier molecular flexibility index (Phi) is 5.80. The normalized spacial score (nSPS) is 11.8. The Morgan fingerprint density at radius 3 is 2.52 bits per heavy atom. The van der Waals surface area contributed by atoms with Gasteiger partial charge in [0.2, 0.25) is 10.0 Å². The van der Waals surface area contributed by atoms with Gasteiger partial charge in [-0.25, -0.2) is 17.8 Å². The lowest BCUT2D eigenvalue weighted by atomic mass is 10.2. The number of hydrogen-bond donors (Lipinski definition) is 1. The fourth-order valence-electron chi connectivity index (χ4n) is 2.68. The zero-order valence-corrected chi connectivity index (χ0v) is 17.8. The van der Waals surface area contributed by atoms with Crippen LogP contribution in [0.5, 0.6) is 0 Å². The van der Waals surface area contributed by atoms with Crippen molar-refractivity contribution in [1.82, 2.24) is 15.0 Å². The van der Waals surface area contributed by atoms with Crippen molar-refractivity contribution in [1.29, 1.82) is 0 Å². The maximum absolute atomic E-state index is 12.9. The second-order valence-corrected chi connectivity index (χ2v) is 9.68. The summed E-state index contributed by atoms with van der Waals surface area (Å²) in [5.74, 6) is 0. The van der Waals surface area contributed by atoms with Gasteiger partial charge in [-0.15, -0.1) is 0 Å². The Morgan fingerprint density at radius 1 is 0.966 bits per heavy atom. The lowest BCUT2D eigenvalue weighted by Crippen LogP contribution is -2.24. The Hall–Kier alpha value is -2.10. The fourth-order valence-corrected chi connectivity index (χ4v) is 5.22. The number of benzene rings is 3. The third-order valence-electron chi connectivity index (χ3n) is 4.09. The smallest absolute Gasteiger partial charge is 0.243 e. The standard InChI is InChI=1S/C19H13Cl2N3O3S2/c20-12-7-9-13(10-8-12)28-17-5-1-3-15(21)14(17)11-22-29(25,26)18-6-2-4-16-19(18)24-27-23-16/h1-10,22H,11H2. The molecule has 4 aromatic rings. The molecule has 0 unspecified atom stereocenters. The molecular weight excluding hydrogens is 453 g/mol. The summed E-state index contributed by atoms with van der Waals surface area (Å²) in [6.07, 6.45) is 0. The van der Waals surface area contributed by atoms with Gasteiger partial charge >= 0.3 is 0 Å². The first-order valence-corrected chi connectivity index (χ1v) is 11.4. The number of hydrogen-bond acceptors (Lipinski definition) is 6. The van der Waals surface area contributed by atoms with Gasteiger partial charge in [-0.3, -0.25) is 0 Å². The summed E-state index contributed by atoms with van der Waals surface area (Å²) in [7, 11) is -3.86. The first-order chi connectivity index (χ1) is 13.9. The Morgan fingerprint density at radius 2 is 1.72 bits per heavy atom. The van der Waals surface area contributed by atoms with Crippen LogP contribution in [0.25, 0.3) is 11.0 Å². The Bertz CT molecular complexity index is 1280. The highest BCUT2D eigenvalue weighted by atomic mass is 35.5. The van der Waals surface area contributed by atoms with Crippen LogP contribution < -0.4 is 4.72 Å². The van der Waals surface area contributed by atoms with Gasteiger partial charge < -0.3 is 0 Å². The molecule has 10 heteroatoms. The van der Waals surface area contributed by atoms with E-state index in [1.807, 2.05) is 24.3 Å². The van der Waals surface area contributed by atoms with Gasteiger partial charge in [0.15, 0.2) is 5.52 Å². The molecular formula is C19H13Cl2N3O3S2. The van der Waals surface area contributed by atoms with Crippen LogP contribution in [-0.4, -0.2) is 18.7 Å². The molecule has 1 N–H and O–H groups in total. The van der Waals surface area contributed by atoms with Crippen LogP contribution >= 0.6 is 35.0 Å². The van der Waals surface area contributed by atoms with Gasteiger partial charge in [0.1, 0.15) is 10.4 Å². The van der Waals surface area contributed by atoms with E-state index in [1.54, 1.807) is 30.3 Å². The molecule has 0 aliphatic rings. The molecule has 29 heavy (non-hydrogen) atoms. The molecule has 4 rings (SSSR count). The number of rotatable bonds is 6. The van der Waals surface area contributed by atoms with E-state index in [0.29, 0.717) is 21.1 Å². The van der Waals surface area contributed by atoms with Crippen molar-refractivity contribution in [2.75, 3.05) is 0 Å². The van der Waals surface area contributed by atoms with Crippen LogP contribution in [0.2, 0.25) is 10.0 Å². The quantitative estimate of drug-likeness (QED) is 0.423. The van der Waals surface area contributed by atoms with Gasteiger partial charge in [-0.1, -0.05) is 47.1 Å². The van der Waals surface area contributed by atoms with Crippen molar-refractivity contribution < 1.29 is 13.0 Å². The van der Waals surface area contributed by atoms with Crippen LogP contribution in [0.4, 0.5) is 0 Å². The van der Waals surface area contributed by atoms with E-state index in [1.165, 1.54) is 17.8 Å². The van der Waals surface area contributed by atoms with Crippen molar-refractivity contribution in [2.24, 2.45) is 0 Å². The number of halogens is 2. The minimum Gasteiger partial charge on any atom is -0.243 e. The molecule has 1 heterocycles. The average molecular weight is 466 g/mol. The molecule has 0 amide bonds. The molecule has 0 aliphatic carbocycles. The highest BCUT2D eigenvalue weighted by Gasteiger charge is 2.21. The molecule has 0 atom stereocenters.